The number of carbonyl (C=O) groups excluding carboxylic acids is 1. The van der Waals surface area contributed by atoms with Crippen LogP contribution in [0.25, 0.3) is 0 Å². The SMILES string of the molecule is CC.CC(=O)c1ccccc1C(C)NCCCC(N)C(=O)O. The molecule has 1 aromatic carbocycles. The van der Waals surface area contributed by atoms with Crippen LogP contribution in [0.15, 0.2) is 24.3 Å². The first kappa shape index (κ1) is 20.3. The Morgan fingerprint density at radius 3 is 2.41 bits per heavy atom. The molecule has 0 heterocycles. The Morgan fingerprint density at radius 1 is 1.27 bits per heavy atom. The minimum Gasteiger partial charge on any atom is -0.480 e. The van der Waals surface area contributed by atoms with Crippen molar-refractivity contribution in [1.82, 2.24) is 5.32 Å². The molecule has 0 saturated carbocycles. The van der Waals surface area contributed by atoms with Crippen molar-refractivity contribution in [2.45, 2.75) is 52.6 Å². The topological polar surface area (TPSA) is 92.4 Å². The van der Waals surface area contributed by atoms with E-state index in [1.54, 1.807) is 6.92 Å². The summed E-state index contributed by atoms with van der Waals surface area (Å²) in [6.07, 6.45) is 1.11. The van der Waals surface area contributed by atoms with E-state index >= 15 is 0 Å². The summed E-state index contributed by atoms with van der Waals surface area (Å²) in [5.74, 6) is -0.929. The van der Waals surface area contributed by atoms with E-state index in [1.807, 2.05) is 45.0 Å². The van der Waals surface area contributed by atoms with Gasteiger partial charge in [-0.3, -0.25) is 9.59 Å². The highest BCUT2D eigenvalue weighted by Crippen LogP contribution is 2.18. The third-order valence-corrected chi connectivity index (χ3v) is 3.27. The molecule has 0 aliphatic rings. The molecule has 0 amide bonds. The fraction of sp³-hybridized carbons (Fsp3) is 0.529. The summed E-state index contributed by atoms with van der Waals surface area (Å²) < 4.78 is 0. The maximum absolute atomic E-state index is 11.6. The number of ketones is 1. The predicted octanol–water partition coefficient (Wildman–Crippen LogP) is 2.76. The first-order valence-corrected chi connectivity index (χ1v) is 7.75. The van der Waals surface area contributed by atoms with Crippen molar-refractivity contribution in [3.8, 4) is 0 Å². The summed E-state index contributed by atoms with van der Waals surface area (Å²) in [6.45, 7) is 8.20. The number of carbonyl (C=O) groups is 2. The van der Waals surface area contributed by atoms with Crippen LogP contribution in [0, 0.1) is 0 Å². The van der Waals surface area contributed by atoms with Gasteiger partial charge in [0.15, 0.2) is 5.78 Å². The average Bonchev–Trinajstić information content (AvgIpc) is 2.52. The minimum atomic E-state index is -0.972. The maximum Gasteiger partial charge on any atom is 0.320 e. The first-order chi connectivity index (χ1) is 10.4. The molecule has 4 N–H and O–H groups in total. The second kappa shape index (κ2) is 10.9. The Labute approximate surface area is 132 Å². The van der Waals surface area contributed by atoms with Gasteiger partial charge in [-0.05, 0) is 38.8 Å². The number of hydrogen-bond acceptors (Lipinski definition) is 4. The number of aliphatic carboxylic acids is 1. The highest BCUT2D eigenvalue weighted by Gasteiger charge is 2.13. The number of rotatable bonds is 8. The number of carboxylic acids is 1. The molecule has 5 heteroatoms. The molecule has 124 valence electrons. The zero-order valence-electron chi connectivity index (χ0n) is 13.9. The molecule has 0 saturated heterocycles. The molecule has 0 aromatic heterocycles. The number of nitrogens with one attached hydrogen (secondary N) is 1. The largest absolute Gasteiger partial charge is 0.480 e. The Kier molecular flexibility index (Phi) is 10.1. The predicted molar refractivity (Wildman–Crippen MR) is 89.1 cm³/mol. The van der Waals surface area contributed by atoms with E-state index < -0.39 is 12.0 Å². The molecule has 0 bridgehead atoms. The van der Waals surface area contributed by atoms with Gasteiger partial charge in [-0.25, -0.2) is 0 Å². The van der Waals surface area contributed by atoms with Gasteiger partial charge in [-0.2, -0.15) is 0 Å². The van der Waals surface area contributed by atoms with E-state index in [0.29, 0.717) is 19.4 Å². The Morgan fingerprint density at radius 2 is 1.86 bits per heavy atom. The molecule has 22 heavy (non-hydrogen) atoms. The Bertz CT molecular complexity index is 475. The molecule has 0 aliphatic carbocycles. The third kappa shape index (κ3) is 6.83. The van der Waals surface area contributed by atoms with Crippen LogP contribution < -0.4 is 11.1 Å². The molecule has 0 fully saturated rings. The fourth-order valence-electron chi connectivity index (χ4n) is 2.07. The van der Waals surface area contributed by atoms with Crippen LogP contribution in [0.2, 0.25) is 0 Å². The van der Waals surface area contributed by atoms with Crippen molar-refractivity contribution in [3.63, 3.8) is 0 Å². The van der Waals surface area contributed by atoms with Gasteiger partial charge < -0.3 is 16.2 Å². The van der Waals surface area contributed by atoms with Gasteiger partial charge in [0, 0.05) is 11.6 Å². The lowest BCUT2D eigenvalue weighted by molar-refractivity contribution is -0.138. The van der Waals surface area contributed by atoms with Crippen molar-refractivity contribution >= 4 is 11.8 Å². The van der Waals surface area contributed by atoms with Crippen LogP contribution in [-0.4, -0.2) is 29.4 Å². The molecule has 2 atom stereocenters. The lowest BCUT2D eigenvalue weighted by atomic mass is 9.99. The fourth-order valence-corrected chi connectivity index (χ4v) is 2.07. The molecule has 0 radical (unpaired) electrons. The number of carboxylic acid groups (broad SMARTS) is 1. The van der Waals surface area contributed by atoms with Crippen LogP contribution >= 0.6 is 0 Å². The van der Waals surface area contributed by atoms with E-state index in [0.717, 1.165) is 11.1 Å². The van der Waals surface area contributed by atoms with Gasteiger partial charge in [0.1, 0.15) is 6.04 Å². The van der Waals surface area contributed by atoms with Gasteiger partial charge in [0.2, 0.25) is 0 Å². The quantitative estimate of drug-likeness (QED) is 0.507. The summed E-state index contributed by atoms with van der Waals surface area (Å²) in [5.41, 5.74) is 7.11. The molecule has 0 aliphatic heterocycles. The zero-order valence-corrected chi connectivity index (χ0v) is 13.9. The second-order valence-corrected chi connectivity index (χ2v) is 4.91. The highest BCUT2D eigenvalue weighted by molar-refractivity contribution is 5.95. The van der Waals surface area contributed by atoms with Crippen molar-refractivity contribution in [3.05, 3.63) is 35.4 Å². The van der Waals surface area contributed by atoms with Crippen LogP contribution in [0.4, 0.5) is 0 Å². The average molecular weight is 308 g/mol. The Balaban J connectivity index is 0.00000211. The third-order valence-electron chi connectivity index (χ3n) is 3.27. The van der Waals surface area contributed by atoms with Gasteiger partial charge in [0.25, 0.3) is 0 Å². The molecule has 1 aromatic rings. The normalized spacial score (nSPS) is 12.8. The van der Waals surface area contributed by atoms with Gasteiger partial charge in [-0.15, -0.1) is 0 Å². The summed E-state index contributed by atoms with van der Waals surface area (Å²) in [4.78, 5) is 22.1. The number of benzene rings is 1. The number of hydrogen-bond donors (Lipinski definition) is 3. The number of nitrogens with two attached hydrogens (primary N) is 1. The standard InChI is InChI=1S/C15H22N2O3.C2H6/c1-10(17-9-5-8-14(16)15(19)20)12-6-3-4-7-13(12)11(2)18;1-2/h3-4,6-7,10,14,17H,5,8-9,16H2,1-2H3,(H,19,20);1-2H3. The summed E-state index contributed by atoms with van der Waals surface area (Å²) in [5, 5.41) is 12.0. The molecular weight excluding hydrogens is 280 g/mol. The van der Waals surface area contributed by atoms with Crippen molar-refractivity contribution in [2.75, 3.05) is 6.54 Å². The minimum absolute atomic E-state index is 0.0381. The monoisotopic (exact) mass is 308 g/mol. The molecule has 1 rings (SSSR count). The molecular formula is C17H28N2O3. The smallest absolute Gasteiger partial charge is 0.320 e. The van der Waals surface area contributed by atoms with Gasteiger partial charge in [0.05, 0.1) is 0 Å². The maximum atomic E-state index is 11.6. The van der Waals surface area contributed by atoms with Crippen molar-refractivity contribution in [1.29, 1.82) is 0 Å². The van der Waals surface area contributed by atoms with Crippen LogP contribution in [0.3, 0.4) is 0 Å². The molecule has 5 nitrogen and oxygen atoms in total. The number of Topliss-reactive ketones (excluding diaryl/α,β-unsaturated/α-hetero) is 1. The summed E-state index contributed by atoms with van der Waals surface area (Å²) >= 11 is 0. The lowest BCUT2D eigenvalue weighted by Gasteiger charge is -2.17. The van der Waals surface area contributed by atoms with Gasteiger partial charge >= 0.3 is 5.97 Å². The summed E-state index contributed by atoms with van der Waals surface area (Å²) in [6, 6.07) is 6.72. The summed E-state index contributed by atoms with van der Waals surface area (Å²) in [7, 11) is 0. The van der Waals surface area contributed by atoms with Gasteiger partial charge in [-0.1, -0.05) is 38.1 Å². The van der Waals surface area contributed by atoms with Crippen molar-refractivity contribution in [2.24, 2.45) is 5.73 Å². The van der Waals surface area contributed by atoms with Crippen molar-refractivity contribution < 1.29 is 14.7 Å². The molecule has 2 unspecified atom stereocenters. The van der Waals surface area contributed by atoms with E-state index in [2.05, 4.69) is 5.32 Å². The van der Waals surface area contributed by atoms with E-state index in [1.165, 1.54) is 0 Å². The Hall–Kier alpha value is -1.72. The molecule has 0 spiro atoms. The van der Waals surface area contributed by atoms with Crippen LogP contribution in [0.5, 0.6) is 0 Å². The van der Waals surface area contributed by atoms with Crippen LogP contribution in [0.1, 0.15) is 62.5 Å². The second-order valence-electron chi connectivity index (χ2n) is 4.91. The first-order valence-electron chi connectivity index (χ1n) is 7.75. The highest BCUT2D eigenvalue weighted by atomic mass is 16.4. The lowest BCUT2D eigenvalue weighted by Crippen LogP contribution is -2.31. The zero-order chi connectivity index (χ0) is 17.1. The van der Waals surface area contributed by atoms with Crippen LogP contribution in [-0.2, 0) is 4.79 Å². The van der Waals surface area contributed by atoms with E-state index in [9.17, 15) is 9.59 Å². The van der Waals surface area contributed by atoms with E-state index in [-0.39, 0.29) is 11.8 Å². The van der Waals surface area contributed by atoms with E-state index in [4.69, 9.17) is 10.8 Å².